The van der Waals surface area contributed by atoms with Gasteiger partial charge in [-0.25, -0.2) is 0 Å². The van der Waals surface area contributed by atoms with Gasteiger partial charge in [0.1, 0.15) is 6.04 Å². The summed E-state index contributed by atoms with van der Waals surface area (Å²) >= 11 is 12.3. The number of rotatable bonds is 5. The van der Waals surface area contributed by atoms with Gasteiger partial charge in [0.05, 0.1) is 34.8 Å². The first kappa shape index (κ1) is 18.5. The van der Waals surface area contributed by atoms with E-state index >= 15 is 0 Å². The van der Waals surface area contributed by atoms with Crippen LogP contribution < -0.4 is 5.32 Å². The van der Waals surface area contributed by atoms with Gasteiger partial charge in [0.15, 0.2) is 0 Å². The molecular weight excluding hydrogens is 373 g/mol. The zero-order valence-electron chi connectivity index (χ0n) is 14.7. The molecule has 0 aliphatic rings. The Kier molecular flexibility index (Phi) is 5.34. The zero-order valence-corrected chi connectivity index (χ0v) is 16.2. The van der Waals surface area contributed by atoms with Crippen LogP contribution >= 0.6 is 23.2 Å². The molecule has 0 aliphatic carbocycles. The van der Waals surface area contributed by atoms with E-state index in [1.165, 1.54) is 0 Å². The van der Waals surface area contributed by atoms with E-state index in [9.17, 15) is 4.79 Å². The number of carbonyl (C=O) groups excluding carboxylic acids is 1. The van der Waals surface area contributed by atoms with Gasteiger partial charge >= 0.3 is 0 Å². The molecular formula is C18H19Cl2N5O. The number of anilines is 1. The smallest absolute Gasteiger partial charge is 0.249 e. The SMILES string of the molecule is Cc1nn(C(C)C(=O)Nc2cnn(Cc3ccccc3Cl)c2)c(C)c1Cl. The fraction of sp³-hybridized carbons (Fsp3) is 0.278. The number of nitrogens with one attached hydrogen (secondary N) is 1. The van der Waals surface area contributed by atoms with Gasteiger partial charge in [-0.2, -0.15) is 10.2 Å². The van der Waals surface area contributed by atoms with E-state index in [0.717, 1.165) is 11.3 Å². The number of nitrogens with zero attached hydrogens (tertiary/aromatic N) is 4. The van der Waals surface area contributed by atoms with Gasteiger partial charge in [-0.3, -0.25) is 14.2 Å². The maximum absolute atomic E-state index is 12.5. The summed E-state index contributed by atoms with van der Waals surface area (Å²) < 4.78 is 3.35. The van der Waals surface area contributed by atoms with Crippen molar-refractivity contribution in [2.45, 2.75) is 33.4 Å². The molecule has 3 aromatic rings. The van der Waals surface area contributed by atoms with Crippen molar-refractivity contribution in [3.63, 3.8) is 0 Å². The fourth-order valence-corrected chi connectivity index (χ4v) is 3.01. The molecule has 0 saturated carbocycles. The highest BCUT2D eigenvalue weighted by Crippen LogP contribution is 2.23. The molecule has 1 N–H and O–H groups in total. The number of aryl methyl sites for hydroxylation is 1. The van der Waals surface area contributed by atoms with Gasteiger partial charge in [-0.1, -0.05) is 41.4 Å². The van der Waals surface area contributed by atoms with E-state index in [0.29, 0.717) is 28.0 Å². The fourth-order valence-electron chi connectivity index (χ4n) is 2.69. The van der Waals surface area contributed by atoms with Crippen molar-refractivity contribution in [3.8, 4) is 0 Å². The summed E-state index contributed by atoms with van der Waals surface area (Å²) in [7, 11) is 0. The minimum atomic E-state index is -0.492. The molecule has 1 unspecified atom stereocenters. The Labute approximate surface area is 161 Å². The third-order valence-corrected chi connectivity index (χ3v) is 5.09. The first-order chi connectivity index (χ1) is 12.4. The van der Waals surface area contributed by atoms with Crippen molar-refractivity contribution in [2.24, 2.45) is 0 Å². The highest BCUT2D eigenvalue weighted by molar-refractivity contribution is 6.32. The molecule has 0 aliphatic heterocycles. The first-order valence-electron chi connectivity index (χ1n) is 8.14. The Bertz CT molecular complexity index is 947. The van der Waals surface area contributed by atoms with E-state index in [1.54, 1.807) is 28.7 Å². The molecule has 26 heavy (non-hydrogen) atoms. The largest absolute Gasteiger partial charge is 0.322 e. The van der Waals surface area contributed by atoms with E-state index in [2.05, 4.69) is 15.5 Å². The monoisotopic (exact) mass is 391 g/mol. The van der Waals surface area contributed by atoms with Crippen molar-refractivity contribution in [1.82, 2.24) is 19.6 Å². The van der Waals surface area contributed by atoms with Crippen LogP contribution in [0.5, 0.6) is 0 Å². The molecule has 2 heterocycles. The Hall–Kier alpha value is -2.31. The molecule has 6 nitrogen and oxygen atoms in total. The predicted molar refractivity (Wildman–Crippen MR) is 103 cm³/mol. The molecule has 136 valence electrons. The second-order valence-corrected chi connectivity index (χ2v) is 6.90. The van der Waals surface area contributed by atoms with Crippen LogP contribution in [0.2, 0.25) is 10.0 Å². The lowest BCUT2D eigenvalue weighted by Crippen LogP contribution is -2.25. The van der Waals surface area contributed by atoms with E-state index in [-0.39, 0.29) is 5.91 Å². The summed E-state index contributed by atoms with van der Waals surface area (Å²) in [5, 5.41) is 12.7. The molecule has 8 heteroatoms. The van der Waals surface area contributed by atoms with Crippen molar-refractivity contribution in [3.05, 3.63) is 63.7 Å². The van der Waals surface area contributed by atoms with Gasteiger partial charge in [0, 0.05) is 11.2 Å². The first-order valence-corrected chi connectivity index (χ1v) is 8.90. The molecule has 1 amide bonds. The second kappa shape index (κ2) is 7.51. The van der Waals surface area contributed by atoms with Crippen molar-refractivity contribution < 1.29 is 4.79 Å². The quantitative estimate of drug-likeness (QED) is 0.706. The average molecular weight is 392 g/mol. The van der Waals surface area contributed by atoms with Crippen molar-refractivity contribution >= 4 is 34.8 Å². The number of benzene rings is 1. The molecule has 0 spiro atoms. The average Bonchev–Trinajstić information content (AvgIpc) is 3.16. The number of halogens is 2. The number of carbonyl (C=O) groups is 1. The Morgan fingerprint density at radius 1 is 1.27 bits per heavy atom. The zero-order chi connectivity index (χ0) is 18.8. The molecule has 0 bridgehead atoms. The molecule has 0 fully saturated rings. The summed E-state index contributed by atoms with van der Waals surface area (Å²) in [4.78, 5) is 12.5. The van der Waals surface area contributed by atoms with E-state index in [1.807, 2.05) is 38.1 Å². The van der Waals surface area contributed by atoms with Crippen molar-refractivity contribution in [1.29, 1.82) is 0 Å². The van der Waals surface area contributed by atoms with Crippen LogP contribution in [0.4, 0.5) is 5.69 Å². The molecule has 0 radical (unpaired) electrons. The highest BCUT2D eigenvalue weighted by atomic mass is 35.5. The predicted octanol–water partition coefficient (Wildman–Crippen LogP) is 4.25. The molecule has 2 aromatic heterocycles. The lowest BCUT2D eigenvalue weighted by Gasteiger charge is -2.13. The third-order valence-electron chi connectivity index (χ3n) is 4.17. The standard InChI is InChI=1S/C18H19Cl2N5O/c1-11-17(20)12(2)25(23-11)13(3)18(26)22-15-8-21-24(10-15)9-14-6-4-5-7-16(14)19/h4-8,10,13H,9H2,1-3H3,(H,22,26). The maximum Gasteiger partial charge on any atom is 0.249 e. The van der Waals surface area contributed by atoms with Crippen LogP contribution in [0.3, 0.4) is 0 Å². The Morgan fingerprint density at radius 2 is 2.00 bits per heavy atom. The van der Waals surface area contributed by atoms with Crippen LogP contribution in [-0.2, 0) is 11.3 Å². The number of aromatic nitrogens is 4. The topological polar surface area (TPSA) is 64.7 Å². The maximum atomic E-state index is 12.5. The molecule has 1 atom stereocenters. The minimum absolute atomic E-state index is 0.190. The van der Waals surface area contributed by atoms with Gasteiger partial charge in [0.2, 0.25) is 5.91 Å². The number of hydrogen-bond acceptors (Lipinski definition) is 3. The van der Waals surface area contributed by atoms with Crippen LogP contribution in [0, 0.1) is 13.8 Å². The summed E-state index contributed by atoms with van der Waals surface area (Å²) in [5.74, 6) is -0.190. The van der Waals surface area contributed by atoms with Crippen LogP contribution in [0.15, 0.2) is 36.7 Å². The summed E-state index contributed by atoms with van der Waals surface area (Å²) in [5.41, 5.74) is 3.04. The van der Waals surface area contributed by atoms with Gasteiger partial charge in [0.25, 0.3) is 0 Å². The minimum Gasteiger partial charge on any atom is -0.322 e. The summed E-state index contributed by atoms with van der Waals surface area (Å²) in [6, 6.07) is 7.09. The van der Waals surface area contributed by atoms with Crippen molar-refractivity contribution in [2.75, 3.05) is 5.32 Å². The number of hydrogen-bond donors (Lipinski definition) is 1. The van der Waals surface area contributed by atoms with E-state index in [4.69, 9.17) is 23.2 Å². The Morgan fingerprint density at radius 3 is 2.65 bits per heavy atom. The summed E-state index contributed by atoms with van der Waals surface area (Å²) in [6.45, 7) is 5.96. The highest BCUT2D eigenvalue weighted by Gasteiger charge is 2.21. The lowest BCUT2D eigenvalue weighted by atomic mass is 10.2. The normalized spacial score (nSPS) is 12.2. The van der Waals surface area contributed by atoms with Gasteiger partial charge in [-0.15, -0.1) is 0 Å². The van der Waals surface area contributed by atoms with Crippen LogP contribution in [0.1, 0.15) is 29.9 Å². The Balaban J connectivity index is 1.69. The van der Waals surface area contributed by atoms with Gasteiger partial charge < -0.3 is 5.32 Å². The van der Waals surface area contributed by atoms with Crippen LogP contribution in [-0.4, -0.2) is 25.5 Å². The lowest BCUT2D eigenvalue weighted by molar-refractivity contribution is -0.119. The third kappa shape index (κ3) is 3.76. The van der Waals surface area contributed by atoms with E-state index < -0.39 is 6.04 Å². The summed E-state index contributed by atoms with van der Waals surface area (Å²) in [6.07, 6.45) is 3.37. The van der Waals surface area contributed by atoms with Crippen LogP contribution in [0.25, 0.3) is 0 Å². The molecule has 0 saturated heterocycles. The van der Waals surface area contributed by atoms with Gasteiger partial charge in [-0.05, 0) is 32.4 Å². The molecule has 1 aromatic carbocycles. The molecule has 3 rings (SSSR count). The number of amides is 1. The second-order valence-electron chi connectivity index (χ2n) is 6.11.